The number of esters is 1. The number of benzene rings is 1. The molecular weight excluding hydrogens is 364 g/mol. The minimum atomic E-state index is -0.416. The third-order valence-electron chi connectivity index (χ3n) is 3.42. The van der Waals surface area contributed by atoms with Gasteiger partial charge in [0.1, 0.15) is 21.7 Å². The minimum Gasteiger partial charge on any atom is -0.462 e. The summed E-state index contributed by atoms with van der Waals surface area (Å²) < 4.78 is 10.9. The van der Waals surface area contributed by atoms with Crippen LogP contribution in [0.2, 0.25) is 5.28 Å². The lowest BCUT2D eigenvalue weighted by Gasteiger charge is -2.07. The Labute approximate surface area is 152 Å². The average molecular weight is 377 g/mol. The Morgan fingerprint density at radius 2 is 2.00 bits per heavy atom. The van der Waals surface area contributed by atoms with Gasteiger partial charge in [-0.2, -0.15) is 4.98 Å². The third-order valence-corrected chi connectivity index (χ3v) is 4.76. The quantitative estimate of drug-likeness (QED) is 0.372. The summed E-state index contributed by atoms with van der Waals surface area (Å²) in [5, 5.41) is 0.626. The second-order valence-corrected chi connectivity index (χ2v) is 6.38. The molecule has 0 aliphatic rings. The van der Waals surface area contributed by atoms with E-state index in [9.17, 15) is 9.59 Å². The molecule has 0 saturated heterocycles. The highest BCUT2D eigenvalue weighted by Gasteiger charge is 2.22. The Morgan fingerprint density at radius 3 is 2.64 bits per heavy atom. The van der Waals surface area contributed by atoms with Gasteiger partial charge < -0.3 is 9.47 Å². The highest BCUT2D eigenvalue weighted by molar-refractivity contribution is 7.20. The summed E-state index contributed by atoms with van der Waals surface area (Å²) in [5.41, 5.74) is 1.21. The lowest BCUT2D eigenvalue weighted by Crippen LogP contribution is -2.03. The van der Waals surface area contributed by atoms with Gasteiger partial charge in [0.05, 0.1) is 12.0 Å². The molecule has 0 N–H and O–H groups in total. The highest BCUT2D eigenvalue weighted by atomic mass is 35.5. The van der Waals surface area contributed by atoms with E-state index in [1.54, 1.807) is 38.1 Å². The third kappa shape index (κ3) is 3.47. The van der Waals surface area contributed by atoms with Crippen molar-refractivity contribution in [2.24, 2.45) is 0 Å². The second kappa shape index (κ2) is 7.16. The molecule has 3 aromatic rings. The van der Waals surface area contributed by atoms with Gasteiger partial charge in [0.25, 0.3) is 0 Å². The van der Waals surface area contributed by atoms with E-state index in [2.05, 4.69) is 9.97 Å². The molecule has 1 aromatic carbocycles. The summed E-state index contributed by atoms with van der Waals surface area (Å²) in [7, 11) is 0. The lowest BCUT2D eigenvalue weighted by molar-refractivity contribution is 0.0531. The second-order valence-electron chi connectivity index (χ2n) is 5.04. The number of hydrogen-bond acceptors (Lipinski definition) is 7. The van der Waals surface area contributed by atoms with Gasteiger partial charge in [-0.15, -0.1) is 11.3 Å². The maximum Gasteiger partial charge on any atom is 0.348 e. The zero-order valence-electron chi connectivity index (χ0n) is 13.4. The van der Waals surface area contributed by atoms with Gasteiger partial charge in [-0.25, -0.2) is 9.78 Å². The number of hydrogen-bond donors (Lipinski definition) is 0. The van der Waals surface area contributed by atoms with E-state index in [0.29, 0.717) is 32.0 Å². The van der Waals surface area contributed by atoms with Crippen molar-refractivity contribution >= 4 is 45.4 Å². The number of halogens is 1. The average Bonchev–Trinajstić information content (AvgIpc) is 2.92. The van der Waals surface area contributed by atoms with Crippen molar-refractivity contribution in [3.8, 4) is 11.6 Å². The van der Waals surface area contributed by atoms with Gasteiger partial charge in [0, 0.05) is 5.56 Å². The van der Waals surface area contributed by atoms with E-state index in [1.165, 1.54) is 11.3 Å². The molecule has 0 atom stereocenters. The first-order valence-corrected chi connectivity index (χ1v) is 8.59. The van der Waals surface area contributed by atoms with Gasteiger partial charge in [0.2, 0.25) is 11.2 Å². The first-order valence-electron chi connectivity index (χ1n) is 7.40. The Hall–Kier alpha value is -2.51. The topological polar surface area (TPSA) is 78.4 Å². The van der Waals surface area contributed by atoms with Crippen molar-refractivity contribution in [2.45, 2.75) is 13.8 Å². The number of rotatable bonds is 5. The molecule has 2 heterocycles. The number of carbonyl (C=O) groups is 2. The molecule has 6 nitrogen and oxygen atoms in total. The molecule has 0 amide bonds. The Balaban J connectivity index is 2.07. The van der Waals surface area contributed by atoms with Gasteiger partial charge in [0.15, 0.2) is 0 Å². The van der Waals surface area contributed by atoms with Crippen molar-refractivity contribution in [3.63, 3.8) is 0 Å². The number of aryl methyl sites for hydroxylation is 1. The van der Waals surface area contributed by atoms with Gasteiger partial charge in [-0.1, -0.05) is 0 Å². The van der Waals surface area contributed by atoms with Crippen molar-refractivity contribution in [3.05, 3.63) is 45.6 Å². The Morgan fingerprint density at radius 1 is 1.28 bits per heavy atom. The molecule has 0 aliphatic heterocycles. The van der Waals surface area contributed by atoms with E-state index in [1.807, 2.05) is 0 Å². The van der Waals surface area contributed by atoms with E-state index < -0.39 is 5.97 Å². The van der Waals surface area contributed by atoms with Crippen LogP contribution < -0.4 is 4.74 Å². The molecular formula is C17H13ClN2O4S. The van der Waals surface area contributed by atoms with E-state index >= 15 is 0 Å². The zero-order chi connectivity index (χ0) is 18.0. The van der Waals surface area contributed by atoms with Crippen LogP contribution in [0.15, 0.2) is 24.3 Å². The molecule has 0 radical (unpaired) electrons. The van der Waals surface area contributed by atoms with Crippen LogP contribution in [-0.2, 0) is 4.74 Å². The normalized spacial score (nSPS) is 10.7. The first kappa shape index (κ1) is 17.3. The molecule has 2 aromatic heterocycles. The SMILES string of the molecule is CCOC(=O)c1sc2nc(Cl)nc(Oc3ccc(C=O)cc3)c2c1C. The molecule has 25 heavy (non-hydrogen) atoms. The fourth-order valence-electron chi connectivity index (χ4n) is 2.27. The minimum absolute atomic E-state index is 0.0173. The van der Waals surface area contributed by atoms with Crippen molar-refractivity contribution in [1.82, 2.24) is 9.97 Å². The number of carbonyl (C=O) groups excluding carboxylic acids is 2. The highest BCUT2D eigenvalue weighted by Crippen LogP contribution is 2.37. The summed E-state index contributed by atoms with van der Waals surface area (Å²) >= 11 is 7.16. The fraction of sp³-hybridized carbons (Fsp3) is 0.176. The smallest absolute Gasteiger partial charge is 0.348 e. The van der Waals surface area contributed by atoms with Crippen LogP contribution in [0, 0.1) is 6.92 Å². The predicted octanol–water partition coefficient (Wildman–Crippen LogP) is 4.43. The molecule has 0 fully saturated rings. The summed E-state index contributed by atoms with van der Waals surface area (Å²) in [6.07, 6.45) is 0.748. The molecule has 0 saturated carbocycles. The summed E-state index contributed by atoms with van der Waals surface area (Å²) in [6.45, 7) is 3.81. The number of nitrogens with zero attached hydrogens (tertiary/aromatic N) is 2. The maximum atomic E-state index is 12.1. The number of aromatic nitrogens is 2. The van der Waals surface area contributed by atoms with E-state index in [4.69, 9.17) is 21.1 Å². The van der Waals surface area contributed by atoms with Gasteiger partial charge >= 0.3 is 5.97 Å². The van der Waals surface area contributed by atoms with Gasteiger partial charge in [-0.3, -0.25) is 4.79 Å². The maximum absolute atomic E-state index is 12.1. The Bertz CT molecular complexity index is 953. The van der Waals surface area contributed by atoms with Crippen LogP contribution in [0.1, 0.15) is 32.5 Å². The number of thiophene rings is 1. The zero-order valence-corrected chi connectivity index (χ0v) is 15.0. The van der Waals surface area contributed by atoms with Crippen LogP contribution in [0.4, 0.5) is 0 Å². The summed E-state index contributed by atoms with van der Waals surface area (Å²) in [6, 6.07) is 6.57. The monoisotopic (exact) mass is 376 g/mol. The van der Waals surface area contributed by atoms with Crippen molar-refractivity contribution in [2.75, 3.05) is 6.61 Å². The molecule has 3 rings (SSSR count). The van der Waals surface area contributed by atoms with Crippen LogP contribution in [0.3, 0.4) is 0 Å². The Kier molecular flexibility index (Phi) is 4.96. The lowest BCUT2D eigenvalue weighted by atomic mass is 10.2. The molecule has 8 heteroatoms. The molecule has 0 spiro atoms. The number of fused-ring (bicyclic) bond motifs is 1. The van der Waals surface area contributed by atoms with Crippen LogP contribution in [0.5, 0.6) is 11.6 Å². The molecule has 0 bridgehead atoms. The number of ether oxygens (including phenoxy) is 2. The number of aldehydes is 1. The van der Waals surface area contributed by atoms with Crippen molar-refractivity contribution < 1.29 is 19.1 Å². The largest absolute Gasteiger partial charge is 0.462 e. The van der Waals surface area contributed by atoms with Gasteiger partial charge in [-0.05, 0) is 55.3 Å². The first-order chi connectivity index (χ1) is 12.0. The van der Waals surface area contributed by atoms with Crippen molar-refractivity contribution in [1.29, 1.82) is 0 Å². The molecule has 128 valence electrons. The summed E-state index contributed by atoms with van der Waals surface area (Å²) in [4.78, 5) is 32.1. The van der Waals surface area contributed by atoms with Crippen LogP contribution >= 0.6 is 22.9 Å². The summed E-state index contributed by atoms with van der Waals surface area (Å²) in [5.74, 6) is 0.323. The fourth-order valence-corrected chi connectivity index (χ4v) is 3.55. The van der Waals surface area contributed by atoms with Crippen LogP contribution in [0.25, 0.3) is 10.2 Å². The van der Waals surface area contributed by atoms with E-state index in [-0.39, 0.29) is 17.8 Å². The van der Waals surface area contributed by atoms with E-state index in [0.717, 1.165) is 6.29 Å². The molecule has 0 aliphatic carbocycles. The predicted molar refractivity (Wildman–Crippen MR) is 95.0 cm³/mol. The van der Waals surface area contributed by atoms with Crippen LogP contribution in [-0.4, -0.2) is 28.8 Å². The molecule has 0 unspecified atom stereocenters. The standard InChI is InChI=1S/C17H13ClN2O4S/c1-3-23-16(22)13-9(2)12-14(19-17(18)20-15(12)25-13)24-11-6-4-10(8-21)5-7-11/h4-8H,3H2,1-2H3.